The molecule has 3 rings (SSSR count). The van der Waals surface area contributed by atoms with E-state index in [1.807, 2.05) is 18.2 Å². The molecule has 1 heterocycles. The molecule has 4 heteroatoms. The number of nitrogens with one attached hydrogen (secondary N) is 1. The zero-order valence-electron chi connectivity index (χ0n) is 19.5. The van der Waals surface area contributed by atoms with Crippen LogP contribution in [0.2, 0.25) is 0 Å². The zero-order chi connectivity index (χ0) is 22.6. The minimum atomic E-state index is -0.211. The summed E-state index contributed by atoms with van der Waals surface area (Å²) in [6.45, 7) is 11.3. The number of methoxy groups -OCH3 is 1. The van der Waals surface area contributed by atoms with Crippen LogP contribution in [0.4, 0.5) is 0 Å². The van der Waals surface area contributed by atoms with Crippen molar-refractivity contribution >= 4 is 5.91 Å². The van der Waals surface area contributed by atoms with Gasteiger partial charge in [-0.1, -0.05) is 51.1 Å². The molecular weight excluding hydrogens is 386 g/mol. The molecule has 0 aliphatic rings. The van der Waals surface area contributed by atoms with Gasteiger partial charge in [0.05, 0.1) is 7.11 Å². The number of rotatable bonds is 8. The number of aryl methyl sites for hydroxylation is 2. The SMILES string of the molecule is CCC(C)(C)c1ccc(OC)c(Cc2ccc(C(=O)NCc3ccc(C)c(C)c3)o2)c1. The van der Waals surface area contributed by atoms with Crippen LogP contribution in [0.5, 0.6) is 5.75 Å². The molecule has 1 N–H and O–H groups in total. The van der Waals surface area contributed by atoms with E-state index in [1.54, 1.807) is 13.2 Å². The van der Waals surface area contributed by atoms with E-state index in [1.165, 1.54) is 16.7 Å². The molecule has 3 aromatic rings. The number of benzene rings is 2. The number of ether oxygens (including phenoxy) is 1. The first-order chi connectivity index (χ1) is 14.7. The summed E-state index contributed by atoms with van der Waals surface area (Å²) >= 11 is 0. The lowest BCUT2D eigenvalue weighted by Gasteiger charge is -2.24. The fourth-order valence-corrected chi connectivity index (χ4v) is 3.51. The van der Waals surface area contributed by atoms with Crippen LogP contribution >= 0.6 is 0 Å². The van der Waals surface area contributed by atoms with Crippen LogP contribution in [0, 0.1) is 13.8 Å². The monoisotopic (exact) mass is 419 g/mol. The molecule has 0 aliphatic heterocycles. The van der Waals surface area contributed by atoms with Crippen molar-refractivity contribution in [3.63, 3.8) is 0 Å². The van der Waals surface area contributed by atoms with Gasteiger partial charge in [0, 0.05) is 18.5 Å². The van der Waals surface area contributed by atoms with E-state index in [-0.39, 0.29) is 11.3 Å². The molecule has 2 aromatic carbocycles. The third kappa shape index (κ3) is 5.38. The average Bonchev–Trinajstić information content (AvgIpc) is 3.23. The molecule has 1 amide bonds. The number of hydrogen-bond acceptors (Lipinski definition) is 3. The van der Waals surface area contributed by atoms with Crippen molar-refractivity contribution in [1.29, 1.82) is 0 Å². The molecule has 0 bridgehead atoms. The Bertz CT molecular complexity index is 1060. The van der Waals surface area contributed by atoms with Crippen LogP contribution in [0.3, 0.4) is 0 Å². The molecule has 1 aromatic heterocycles. The molecule has 0 radical (unpaired) electrons. The summed E-state index contributed by atoms with van der Waals surface area (Å²) in [6, 6.07) is 16.1. The Labute approximate surface area is 185 Å². The highest BCUT2D eigenvalue weighted by Crippen LogP contribution is 2.32. The van der Waals surface area contributed by atoms with Gasteiger partial charge in [-0.25, -0.2) is 0 Å². The summed E-state index contributed by atoms with van der Waals surface area (Å²) in [4.78, 5) is 12.6. The number of furan rings is 1. The standard InChI is InChI=1S/C27H33NO3/c1-7-27(4,5)22-10-12-24(30-6)21(15-22)16-23-11-13-25(31-23)26(29)28-17-20-9-8-18(2)19(3)14-20/h8-15H,7,16-17H2,1-6H3,(H,28,29). The first kappa shape index (κ1) is 22.7. The van der Waals surface area contributed by atoms with Gasteiger partial charge in [0.1, 0.15) is 11.5 Å². The fraction of sp³-hybridized carbons (Fsp3) is 0.370. The Hall–Kier alpha value is -3.01. The van der Waals surface area contributed by atoms with Crippen LogP contribution in [-0.2, 0) is 18.4 Å². The molecule has 4 nitrogen and oxygen atoms in total. The summed E-state index contributed by atoms with van der Waals surface area (Å²) in [6.07, 6.45) is 1.62. The predicted octanol–water partition coefficient (Wildman–Crippen LogP) is 6.11. The molecule has 0 fully saturated rings. The van der Waals surface area contributed by atoms with Crippen molar-refractivity contribution in [3.05, 3.63) is 87.9 Å². The van der Waals surface area contributed by atoms with Gasteiger partial charge in [0.2, 0.25) is 0 Å². The molecule has 0 saturated heterocycles. The van der Waals surface area contributed by atoms with E-state index in [4.69, 9.17) is 9.15 Å². The van der Waals surface area contributed by atoms with Crippen LogP contribution < -0.4 is 10.1 Å². The van der Waals surface area contributed by atoms with E-state index in [2.05, 4.69) is 64.2 Å². The third-order valence-electron chi connectivity index (χ3n) is 6.22. The summed E-state index contributed by atoms with van der Waals surface area (Å²) in [5.74, 6) is 1.68. The molecule has 0 spiro atoms. The molecule has 0 saturated carbocycles. The normalized spacial score (nSPS) is 11.4. The highest BCUT2D eigenvalue weighted by atomic mass is 16.5. The minimum Gasteiger partial charge on any atom is -0.496 e. The van der Waals surface area contributed by atoms with Gasteiger partial charge in [-0.2, -0.15) is 0 Å². The Morgan fingerprint density at radius 2 is 1.81 bits per heavy atom. The maximum absolute atomic E-state index is 12.6. The Balaban J connectivity index is 1.71. The summed E-state index contributed by atoms with van der Waals surface area (Å²) in [7, 11) is 1.68. The van der Waals surface area contributed by atoms with Crippen molar-refractivity contribution in [2.75, 3.05) is 7.11 Å². The van der Waals surface area contributed by atoms with Crippen molar-refractivity contribution < 1.29 is 13.9 Å². The second kappa shape index (κ2) is 9.42. The van der Waals surface area contributed by atoms with Gasteiger partial charge >= 0.3 is 0 Å². The predicted molar refractivity (Wildman–Crippen MR) is 125 cm³/mol. The quantitative estimate of drug-likeness (QED) is 0.479. The minimum absolute atomic E-state index is 0.0869. The van der Waals surface area contributed by atoms with Gasteiger partial charge in [-0.05, 0) is 66.1 Å². The van der Waals surface area contributed by atoms with Gasteiger partial charge < -0.3 is 14.5 Å². The molecular formula is C27H33NO3. The summed E-state index contributed by atoms with van der Waals surface area (Å²) < 4.78 is 11.4. The van der Waals surface area contributed by atoms with Crippen LogP contribution in [0.25, 0.3) is 0 Å². The summed E-state index contributed by atoms with van der Waals surface area (Å²) in [5.41, 5.74) is 5.94. The largest absolute Gasteiger partial charge is 0.496 e. The lowest BCUT2D eigenvalue weighted by atomic mass is 9.81. The Morgan fingerprint density at radius 3 is 2.48 bits per heavy atom. The molecule has 31 heavy (non-hydrogen) atoms. The number of carbonyl (C=O) groups excluding carboxylic acids is 1. The lowest BCUT2D eigenvalue weighted by molar-refractivity contribution is 0.0921. The van der Waals surface area contributed by atoms with E-state index in [0.29, 0.717) is 18.7 Å². The van der Waals surface area contributed by atoms with Gasteiger partial charge in [0.15, 0.2) is 5.76 Å². The topological polar surface area (TPSA) is 51.5 Å². The third-order valence-corrected chi connectivity index (χ3v) is 6.22. The molecule has 164 valence electrons. The van der Waals surface area contributed by atoms with Crippen LogP contribution in [-0.4, -0.2) is 13.0 Å². The zero-order valence-corrected chi connectivity index (χ0v) is 19.5. The smallest absolute Gasteiger partial charge is 0.287 e. The number of carbonyl (C=O) groups is 1. The maximum Gasteiger partial charge on any atom is 0.287 e. The van der Waals surface area contributed by atoms with Crippen molar-refractivity contribution in [1.82, 2.24) is 5.32 Å². The second-order valence-electron chi connectivity index (χ2n) is 8.81. The van der Waals surface area contributed by atoms with Gasteiger partial charge in [0.25, 0.3) is 5.91 Å². The Kier molecular flexibility index (Phi) is 6.89. The van der Waals surface area contributed by atoms with E-state index < -0.39 is 0 Å². The van der Waals surface area contributed by atoms with Gasteiger partial charge in [-0.15, -0.1) is 0 Å². The Morgan fingerprint density at radius 1 is 1.03 bits per heavy atom. The number of hydrogen-bond donors (Lipinski definition) is 1. The van der Waals surface area contributed by atoms with E-state index in [0.717, 1.165) is 29.1 Å². The molecule has 0 aliphatic carbocycles. The van der Waals surface area contributed by atoms with Crippen LogP contribution in [0.15, 0.2) is 52.9 Å². The highest BCUT2D eigenvalue weighted by Gasteiger charge is 2.20. The summed E-state index contributed by atoms with van der Waals surface area (Å²) in [5, 5.41) is 2.94. The average molecular weight is 420 g/mol. The maximum atomic E-state index is 12.6. The van der Waals surface area contributed by atoms with Crippen LogP contribution in [0.1, 0.15) is 71.3 Å². The van der Waals surface area contributed by atoms with Gasteiger partial charge in [-0.3, -0.25) is 4.79 Å². The number of amides is 1. The molecule has 0 atom stereocenters. The second-order valence-corrected chi connectivity index (χ2v) is 8.81. The van der Waals surface area contributed by atoms with Crippen molar-refractivity contribution in [3.8, 4) is 5.75 Å². The highest BCUT2D eigenvalue weighted by molar-refractivity contribution is 5.91. The first-order valence-electron chi connectivity index (χ1n) is 10.8. The van der Waals surface area contributed by atoms with E-state index >= 15 is 0 Å². The van der Waals surface area contributed by atoms with Crippen molar-refractivity contribution in [2.45, 2.75) is 59.4 Å². The molecule has 0 unspecified atom stereocenters. The fourth-order valence-electron chi connectivity index (χ4n) is 3.51. The van der Waals surface area contributed by atoms with Crippen molar-refractivity contribution in [2.24, 2.45) is 0 Å². The lowest BCUT2D eigenvalue weighted by Crippen LogP contribution is -2.22. The van der Waals surface area contributed by atoms with E-state index in [9.17, 15) is 4.79 Å². The first-order valence-corrected chi connectivity index (χ1v) is 10.8.